The summed E-state index contributed by atoms with van der Waals surface area (Å²) in [6.07, 6.45) is 0.902. The van der Waals surface area contributed by atoms with Gasteiger partial charge in [0.25, 0.3) is 5.91 Å². The van der Waals surface area contributed by atoms with E-state index in [9.17, 15) is 4.79 Å². The van der Waals surface area contributed by atoms with Gasteiger partial charge in [0.2, 0.25) is 0 Å². The molecule has 8 nitrogen and oxygen atoms in total. The number of nitrogens with two attached hydrogens (primary N) is 1. The molecule has 3 N–H and O–H groups in total. The second kappa shape index (κ2) is 9.96. The molecule has 1 amide bonds. The van der Waals surface area contributed by atoms with E-state index in [1.165, 1.54) is 0 Å². The molecule has 0 radical (unpaired) electrons. The van der Waals surface area contributed by atoms with Crippen molar-refractivity contribution in [3.05, 3.63) is 83.3 Å². The number of nitrogens with one attached hydrogen (secondary N) is 1. The van der Waals surface area contributed by atoms with Gasteiger partial charge in [-0.2, -0.15) is 5.10 Å². The van der Waals surface area contributed by atoms with Crippen molar-refractivity contribution in [2.24, 2.45) is 12.8 Å². The number of fused-ring (bicyclic) bond motifs is 1. The number of nitrogens with zero attached hydrogens (tertiary/aromatic N) is 5. The first-order valence-corrected chi connectivity index (χ1v) is 12.4. The Morgan fingerprint density at radius 2 is 2.00 bits per heavy atom. The third-order valence-corrected chi connectivity index (χ3v) is 7.01. The Bertz CT molecular complexity index is 1550. The van der Waals surface area contributed by atoms with Crippen LogP contribution in [0.25, 0.3) is 16.6 Å². The minimum Gasteiger partial charge on any atom is -0.373 e. The van der Waals surface area contributed by atoms with Crippen molar-refractivity contribution in [2.75, 3.05) is 32.0 Å². The molecule has 0 spiro atoms. The number of carbonyl (C=O) groups is 1. The molecule has 8 heteroatoms. The molecule has 1 fully saturated rings. The van der Waals surface area contributed by atoms with Crippen LogP contribution in [0.4, 0.5) is 5.82 Å². The first-order valence-electron chi connectivity index (χ1n) is 12.4. The fourth-order valence-corrected chi connectivity index (χ4v) is 4.98. The first kappa shape index (κ1) is 24.3. The number of likely N-dealkylation sites (tertiary alicyclic amines) is 1. The van der Waals surface area contributed by atoms with E-state index < -0.39 is 5.91 Å². The lowest BCUT2D eigenvalue weighted by molar-refractivity contribution is 0.100. The maximum Gasteiger partial charge on any atom is 0.255 e. The maximum absolute atomic E-state index is 12.4. The molecule has 2 aromatic carbocycles. The number of benzene rings is 2. The summed E-state index contributed by atoms with van der Waals surface area (Å²) in [5, 5.41) is 7.90. The largest absolute Gasteiger partial charge is 0.373 e. The fourth-order valence-electron chi connectivity index (χ4n) is 4.98. The van der Waals surface area contributed by atoms with E-state index in [4.69, 9.17) is 10.8 Å². The van der Waals surface area contributed by atoms with Crippen LogP contribution < -0.4 is 11.1 Å². The molecule has 0 bridgehead atoms. The van der Waals surface area contributed by atoms with E-state index in [0.29, 0.717) is 17.1 Å². The highest BCUT2D eigenvalue weighted by Gasteiger charge is 2.30. The lowest BCUT2D eigenvalue weighted by Gasteiger charge is -2.19. The SMILES string of the molecule is C=C(CN1CC[C@H](n2nc(C#Cc3ccc4c(c3)nc(C)n4C)c(C(N)=O)c2NC)C1)c1ccccc1. The third kappa shape index (κ3) is 4.74. The Balaban J connectivity index is 1.40. The molecule has 0 saturated carbocycles. The van der Waals surface area contributed by atoms with Crippen molar-refractivity contribution >= 4 is 28.3 Å². The minimum absolute atomic E-state index is 0.0903. The fraction of sp³-hybridized carbons (Fsp3) is 0.276. The van der Waals surface area contributed by atoms with Crippen molar-refractivity contribution < 1.29 is 4.79 Å². The summed E-state index contributed by atoms with van der Waals surface area (Å²) in [5.41, 5.74) is 11.4. The molecule has 5 rings (SSSR count). The van der Waals surface area contributed by atoms with Gasteiger partial charge in [-0.1, -0.05) is 42.8 Å². The van der Waals surface area contributed by atoms with Gasteiger partial charge in [0.05, 0.1) is 17.1 Å². The summed E-state index contributed by atoms with van der Waals surface area (Å²) in [7, 11) is 3.77. The van der Waals surface area contributed by atoms with E-state index in [-0.39, 0.29) is 6.04 Å². The van der Waals surface area contributed by atoms with Crippen LogP contribution in [0, 0.1) is 18.8 Å². The predicted octanol–water partition coefficient (Wildman–Crippen LogP) is 3.58. The van der Waals surface area contributed by atoms with E-state index in [1.807, 2.05) is 59.6 Å². The predicted molar refractivity (Wildman–Crippen MR) is 147 cm³/mol. The molecule has 0 unspecified atom stereocenters. The zero-order valence-corrected chi connectivity index (χ0v) is 21.5. The van der Waals surface area contributed by atoms with Crippen molar-refractivity contribution in [3.63, 3.8) is 0 Å². The number of amides is 1. The van der Waals surface area contributed by atoms with Gasteiger partial charge in [-0.05, 0) is 48.6 Å². The highest BCUT2D eigenvalue weighted by atomic mass is 16.1. The summed E-state index contributed by atoms with van der Waals surface area (Å²) in [4.78, 5) is 19.4. The summed E-state index contributed by atoms with van der Waals surface area (Å²) in [6.45, 7) is 8.73. The average molecular weight is 494 g/mol. The lowest BCUT2D eigenvalue weighted by Crippen LogP contribution is -2.24. The molecule has 188 valence electrons. The summed E-state index contributed by atoms with van der Waals surface area (Å²) < 4.78 is 3.92. The third-order valence-electron chi connectivity index (χ3n) is 7.01. The van der Waals surface area contributed by atoms with E-state index in [1.54, 1.807) is 7.05 Å². The number of carbonyl (C=O) groups excluding carboxylic acids is 1. The Morgan fingerprint density at radius 3 is 2.73 bits per heavy atom. The van der Waals surface area contributed by atoms with Crippen LogP contribution in [0.3, 0.4) is 0 Å². The molecular formula is C29H31N7O. The number of hydrogen-bond donors (Lipinski definition) is 2. The molecule has 4 aromatic rings. The van der Waals surface area contributed by atoms with Crippen LogP contribution in [0.2, 0.25) is 0 Å². The molecule has 1 saturated heterocycles. The topological polar surface area (TPSA) is 94.0 Å². The number of anilines is 1. The number of hydrogen-bond acceptors (Lipinski definition) is 5. The van der Waals surface area contributed by atoms with Crippen LogP contribution in [0.1, 0.15) is 45.5 Å². The van der Waals surface area contributed by atoms with Gasteiger partial charge in [-0.15, -0.1) is 0 Å². The number of rotatable bonds is 6. The standard InChI is InChI=1S/C29H31N7O/c1-19(22-8-6-5-7-9-22)17-35-15-14-23(18-35)36-29(31-3)27(28(30)37)24(33-36)12-10-21-11-13-26-25(16-21)32-20(2)34(26)4/h5-9,11,13,16,23,31H,1,14-15,17-18H2,2-4H3,(H2,30,37)/t23-/m0/s1. The second-order valence-electron chi connectivity index (χ2n) is 9.45. The van der Waals surface area contributed by atoms with Crippen LogP contribution in [0.15, 0.2) is 55.1 Å². The average Bonchev–Trinajstić information content (AvgIpc) is 3.58. The van der Waals surface area contributed by atoms with Gasteiger partial charge in [-0.3, -0.25) is 9.69 Å². The highest BCUT2D eigenvalue weighted by Crippen LogP contribution is 2.30. The Hall–Kier alpha value is -4.35. The van der Waals surface area contributed by atoms with E-state index >= 15 is 0 Å². The van der Waals surface area contributed by atoms with Crippen molar-refractivity contribution in [2.45, 2.75) is 19.4 Å². The minimum atomic E-state index is -0.553. The van der Waals surface area contributed by atoms with Crippen LogP contribution in [-0.2, 0) is 7.05 Å². The van der Waals surface area contributed by atoms with Gasteiger partial charge in [0, 0.05) is 39.3 Å². The molecule has 2 aromatic heterocycles. The van der Waals surface area contributed by atoms with Crippen LogP contribution >= 0.6 is 0 Å². The molecule has 1 aliphatic rings. The van der Waals surface area contributed by atoms with E-state index in [2.05, 4.69) is 45.8 Å². The molecular weight excluding hydrogens is 462 g/mol. The highest BCUT2D eigenvalue weighted by molar-refractivity contribution is 6.00. The van der Waals surface area contributed by atoms with Crippen molar-refractivity contribution in [1.29, 1.82) is 0 Å². The zero-order valence-electron chi connectivity index (χ0n) is 21.5. The maximum atomic E-state index is 12.4. The summed E-state index contributed by atoms with van der Waals surface area (Å²) in [5.74, 6) is 7.23. The van der Waals surface area contributed by atoms with Gasteiger partial charge in [0.15, 0.2) is 5.69 Å². The molecule has 3 heterocycles. The molecule has 0 aliphatic carbocycles. The van der Waals surface area contributed by atoms with Gasteiger partial charge in [0.1, 0.15) is 17.2 Å². The zero-order chi connectivity index (χ0) is 26.1. The quantitative estimate of drug-likeness (QED) is 0.401. The molecule has 1 atom stereocenters. The Morgan fingerprint density at radius 1 is 1.22 bits per heavy atom. The van der Waals surface area contributed by atoms with Gasteiger partial charge < -0.3 is 15.6 Å². The number of primary amides is 1. The van der Waals surface area contributed by atoms with Crippen molar-refractivity contribution in [1.82, 2.24) is 24.2 Å². The van der Waals surface area contributed by atoms with Crippen LogP contribution in [0.5, 0.6) is 0 Å². The number of aromatic nitrogens is 4. The van der Waals surface area contributed by atoms with Gasteiger partial charge in [-0.25, -0.2) is 9.67 Å². The Kier molecular flexibility index (Phi) is 6.55. The summed E-state index contributed by atoms with van der Waals surface area (Å²) >= 11 is 0. The summed E-state index contributed by atoms with van der Waals surface area (Å²) in [6, 6.07) is 16.2. The first-order chi connectivity index (χ1) is 17.9. The smallest absolute Gasteiger partial charge is 0.255 e. The van der Waals surface area contributed by atoms with Gasteiger partial charge >= 0.3 is 0 Å². The van der Waals surface area contributed by atoms with Crippen LogP contribution in [-0.4, -0.2) is 56.8 Å². The Labute approximate surface area is 216 Å². The number of aryl methyl sites for hydroxylation is 2. The second-order valence-corrected chi connectivity index (χ2v) is 9.45. The lowest BCUT2D eigenvalue weighted by atomic mass is 10.1. The number of imidazole rings is 1. The molecule has 1 aliphatic heterocycles. The normalized spacial score (nSPS) is 15.5. The van der Waals surface area contributed by atoms with Crippen molar-refractivity contribution in [3.8, 4) is 11.8 Å². The molecule has 37 heavy (non-hydrogen) atoms. The monoisotopic (exact) mass is 493 g/mol. The van der Waals surface area contributed by atoms with E-state index in [0.717, 1.165) is 59.6 Å².